The molecule has 0 saturated carbocycles. The fraction of sp³-hybridized carbons (Fsp3) is 0.0455. The van der Waals surface area contributed by atoms with Crippen LogP contribution in [0.5, 0.6) is 0 Å². The summed E-state index contributed by atoms with van der Waals surface area (Å²) in [6.45, 7) is 1.99. The molecule has 4 aromatic rings. The summed E-state index contributed by atoms with van der Waals surface area (Å²) in [4.78, 5) is 17.2. The maximum atomic E-state index is 12.7. The van der Waals surface area contributed by atoms with Crippen molar-refractivity contribution in [3.8, 4) is 17.1 Å². The van der Waals surface area contributed by atoms with Gasteiger partial charge in [-0.05, 0) is 55.0 Å². The van der Waals surface area contributed by atoms with Crippen molar-refractivity contribution < 1.29 is 4.79 Å². The van der Waals surface area contributed by atoms with Gasteiger partial charge in [0.25, 0.3) is 5.91 Å². The van der Waals surface area contributed by atoms with Gasteiger partial charge in [-0.25, -0.2) is 9.67 Å². The Bertz CT molecular complexity index is 1120. The van der Waals surface area contributed by atoms with Crippen LogP contribution >= 0.6 is 11.6 Å². The van der Waals surface area contributed by atoms with Crippen molar-refractivity contribution in [2.45, 2.75) is 6.92 Å². The monoisotopic (exact) mass is 388 g/mol. The average Bonchev–Trinajstić information content (AvgIpc) is 3.15. The van der Waals surface area contributed by atoms with Gasteiger partial charge in [0, 0.05) is 16.3 Å². The molecule has 0 bridgehead atoms. The summed E-state index contributed by atoms with van der Waals surface area (Å²) >= 11 is 6.02. The lowest BCUT2D eigenvalue weighted by Gasteiger charge is -2.08. The van der Waals surface area contributed by atoms with Gasteiger partial charge in [0.15, 0.2) is 5.82 Å². The van der Waals surface area contributed by atoms with Gasteiger partial charge in [-0.1, -0.05) is 48.0 Å². The van der Waals surface area contributed by atoms with Gasteiger partial charge in [0.05, 0.1) is 5.69 Å². The number of carbonyl (C=O) groups is 1. The Morgan fingerprint density at radius 1 is 0.929 bits per heavy atom. The molecule has 0 aliphatic heterocycles. The standard InChI is InChI=1S/C22H17ClN4O/c1-15-7-5-6-10-19(15)27-21(16-11-13-17(23)14-12-16)25-20(26-27)22(28)24-18-8-3-2-4-9-18/h2-14H,1H3,(H,24,28). The first-order valence-electron chi connectivity index (χ1n) is 8.77. The first-order valence-corrected chi connectivity index (χ1v) is 9.15. The van der Waals surface area contributed by atoms with E-state index in [-0.39, 0.29) is 11.7 Å². The number of anilines is 1. The van der Waals surface area contributed by atoms with Crippen LogP contribution in [0.15, 0.2) is 78.9 Å². The van der Waals surface area contributed by atoms with Crippen LogP contribution in [0.2, 0.25) is 5.02 Å². The maximum absolute atomic E-state index is 12.7. The molecule has 0 radical (unpaired) electrons. The predicted octanol–water partition coefficient (Wildman–Crippen LogP) is 5.15. The van der Waals surface area contributed by atoms with E-state index >= 15 is 0 Å². The van der Waals surface area contributed by atoms with Gasteiger partial charge < -0.3 is 5.32 Å². The Morgan fingerprint density at radius 2 is 1.61 bits per heavy atom. The zero-order valence-corrected chi connectivity index (χ0v) is 15.9. The number of benzene rings is 3. The minimum atomic E-state index is -0.367. The Morgan fingerprint density at radius 3 is 2.32 bits per heavy atom. The first kappa shape index (κ1) is 17.9. The fourth-order valence-electron chi connectivity index (χ4n) is 2.87. The molecule has 1 aromatic heterocycles. The van der Waals surface area contributed by atoms with Crippen molar-refractivity contribution in [1.29, 1.82) is 0 Å². The highest BCUT2D eigenvalue weighted by Gasteiger charge is 2.19. The number of hydrogen-bond acceptors (Lipinski definition) is 3. The Hall–Kier alpha value is -3.44. The Labute approximate surface area is 167 Å². The number of rotatable bonds is 4. The highest BCUT2D eigenvalue weighted by atomic mass is 35.5. The second kappa shape index (κ2) is 7.66. The third kappa shape index (κ3) is 3.66. The van der Waals surface area contributed by atoms with Crippen molar-refractivity contribution >= 4 is 23.2 Å². The van der Waals surface area contributed by atoms with Gasteiger partial charge in [-0.2, -0.15) is 0 Å². The van der Waals surface area contributed by atoms with Gasteiger partial charge in [-0.15, -0.1) is 5.10 Å². The van der Waals surface area contributed by atoms with E-state index in [0.717, 1.165) is 16.8 Å². The molecule has 28 heavy (non-hydrogen) atoms. The quantitative estimate of drug-likeness (QED) is 0.526. The number of hydrogen-bond donors (Lipinski definition) is 1. The number of para-hydroxylation sites is 2. The summed E-state index contributed by atoms with van der Waals surface area (Å²) < 4.78 is 1.69. The zero-order chi connectivity index (χ0) is 19.5. The van der Waals surface area contributed by atoms with Crippen molar-refractivity contribution in [2.75, 3.05) is 5.32 Å². The third-order valence-electron chi connectivity index (χ3n) is 4.29. The van der Waals surface area contributed by atoms with Crippen molar-refractivity contribution in [3.63, 3.8) is 0 Å². The van der Waals surface area contributed by atoms with E-state index in [1.54, 1.807) is 16.8 Å². The van der Waals surface area contributed by atoms with Crippen LogP contribution in [-0.2, 0) is 0 Å². The number of nitrogens with one attached hydrogen (secondary N) is 1. The van der Waals surface area contributed by atoms with Crippen LogP contribution in [0.1, 0.15) is 16.2 Å². The SMILES string of the molecule is Cc1ccccc1-n1nc(C(=O)Nc2ccccc2)nc1-c1ccc(Cl)cc1. The zero-order valence-electron chi connectivity index (χ0n) is 15.1. The van der Waals surface area contributed by atoms with E-state index in [9.17, 15) is 4.79 Å². The summed E-state index contributed by atoms with van der Waals surface area (Å²) in [5.74, 6) is 0.301. The van der Waals surface area contributed by atoms with Crippen LogP contribution < -0.4 is 5.32 Å². The summed E-state index contributed by atoms with van der Waals surface area (Å²) in [5.41, 5.74) is 3.39. The summed E-state index contributed by atoms with van der Waals surface area (Å²) in [6, 6.07) is 24.4. The van der Waals surface area contributed by atoms with E-state index in [1.807, 2.05) is 73.7 Å². The molecule has 0 unspecified atom stereocenters. The minimum absolute atomic E-state index is 0.0945. The van der Waals surface area contributed by atoms with Crippen molar-refractivity contribution in [3.05, 3.63) is 95.3 Å². The second-order valence-electron chi connectivity index (χ2n) is 6.28. The van der Waals surface area contributed by atoms with Gasteiger partial charge in [0.2, 0.25) is 5.82 Å². The van der Waals surface area contributed by atoms with Crippen LogP contribution in [-0.4, -0.2) is 20.7 Å². The molecular formula is C22H17ClN4O. The van der Waals surface area contributed by atoms with Crippen LogP contribution in [0, 0.1) is 6.92 Å². The van der Waals surface area contributed by atoms with E-state index in [4.69, 9.17) is 11.6 Å². The first-order chi connectivity index (χ1) is 13.6. The highest BCUT2D eigenvalue weighted by molar-refractivity contribution is 6.30. The van der Waals surface area contributed by atoms with E-state index in [2.05, 4.69) is 15.4 Å². The molecule has 6 heteroatoms. The molecular weight excluding hydrogens is 372 g/mol. The van der Waals surface area contributed by atoms with E-state index < -0.39 is 0 Å². The van der Waals surface area contributed by atoms with Gasteiger partial charge in [0.1, 0.15) is 0 Å². The maximum Gasteiger partial charge on any atom is 0.295 e. The number of nitrogens with zero attached hydrogens (tertiary/aromatic N) is 3. The van der Waals surface area contributed by atoms with Crippen LogP contribution in [0.3, 0.4) is 0 Å². The Kier molecular flexibility index (Phi) is 4.91. The molecule has 0 spiro atoms. The molecule has 1 amide bonds. The molecule has 3 aromatic carbocycles. The minimum Gasteiger partial charge on any atom is -0.319 e. The average molecular weight is 389 g/mol. The molecule has 0 aliphatic carbocycles. The van der Waals surface area contributed by atoms with Gasteiger partial charge in [-0.3, -0.25) is 4.79 Å². The number of carbonyl (C=O) groups excluding carboxylic acids is 1. The van der Waals surface area contributed by atoms with Gasteiger partial charge >= 0.3 is 0 Å². The van der Waals surface area contributed by atoms with E-state index in [0.29, 0.717) is 16.5 Å². The number of aryl methyl sites for hydroxylation is 1. The van der Waals surface area contributed by atoms with Crippen molar-refractivity contribution in [1.82, 2.24) is 14.8 Å². The predicted molar refractivity (Wildman–Crippen MR) is 111 cm³/mol. The van der Waals surface area contributed by atoms with Crippen LogP contribution in [0.4, 0.5) is 5.69 Å². The molecule has 0 atom stereocenters. The molecule has 0 fully saturated rings. The molecule has 0 saturated heterocycles. The number of halogens is 1. The highest BCUT2D eigenvalue weighted by Crippen LogP contribution is 2.24. The lowest BCUT2D eigenvalue weighted by atomic mass is 10.2. The molecule has 1 N–H and O–H groups in total. The normalized spacial score (nSPS) is 10.6. The molecule has 138 valence electrons. The van der Waals surface area contributed by atoms with E-state index in [1.165, 1.54) is 0 Å². The fourth-order valence-corrected chi connectivity index (χ4v) is 3.00. The number of amides is 1. The topological polar surface area (TPSA) is 59.8 Å². The smallest absolute Gasteiger partial charge is 0.295 e. The molecule has 1 heterocycles. The lowest BCUT2D eigenvalue weighted by molar-refractivity contribution is 0.101. The number of aromatic nitrogens is 3. The molecule has 5 nitrogen and oxygen atoms in total. The largest absolute Gasteiger partial charge is 0.319 e. The second-order valence-corrected chi connectivity index (χ2v) is 6.72. The van der Waals surface area contributed by atoms with Crippen molar-refractivity contribution in [2.24, 2.45) is 0 Å². The lowest BCUT2D eigenvalue weighted by Crippen LogP contribution is -2.14. The Balaban J connectivity index is 1.79. The summed E-state index contributed by atoms with van der Waals surface area (Å²) in [5, 5.41) is 7.96. The molecule has 0 aliphatic rings. The van der Waals surface area contributed by atoms with Crippen LogP contribution in [0.25, 0.3) is 17.1 Å². The third-order valence-corrected chi connectivity index (χ3v) is 4.54. The summed E-state index contributed by atoms with van der Waals surface area (Å²) in [6.07, 6.45) is 0. The summed E-state index contributed by atoms with van der Waals surface area (Å²) in [7, 11) is 0. The molecule has 4 rings (SSSR count).